The Bertz CT molecular complexity index is 447. The molecule has 0 radical (unpaired) electrons. The number of aromatic nitrogens is 3. The van der Waals surface area contributed by atoms with Crippen LogP contribution in [0.4, 0.5) is 17.8 Å². The Labute approximate surface area is 123 Å². The quantitative estimate of drug-likeness (QED) is 0.452. The lowest BCUT2D eigenvalue weighted by Crippen LogP contribution is -2.29. The molecule has 21 heavy (non-hydrogen) atoms. The predicted molar refractivity (Wildman–Crippen MR) is 76.0 cm³/mol. The van der Waals surface area contributed by atoms with E-state index in [0.717, 1.165) is 0 Å². The number of nitrogens with one attached hydrogen (secondary N) is 1. The topological polar surface area (TPSA) is 102 Å². The van der Waals surface area contributed by atoms with Crippen LogP contribution in [0.25, 0.3) is 0 Å². The normalized spacial score (nSPS) is 10.3. The Morgan fingerprint density at radius 3 is 2.29 bits per heavy atom. The van der Waals surface area contributed by atoms with Crippen LogP contribution < -0.4 is 15.1 Å². The van der Waals surface area contributed by atoms with E-state index in [1.807, 2.05) is 0 Å². The first-order valence-electron chi connectivity index (χ1n) is 6.06. The van der Waals surface area contributed by atoms with Crippen LogP contribution in [0.1, 0.15) is 0 Å². The van der Waals surface area contributed by atoms with Crippen molar-refractivity contribution in [1.29, 1.82) is 0 Å². The lowest BCUT2D eigenvalue weighted by Gasteiger charge is -2.20. The summed E-state index contributed by atoms with van der Waals surface area (Å²) < 4.78 is 14.9. The highest BCUT2D eigenvalue weighted by atomic mass is 16.5. The summed E-state index contributed by atoms with van der Waals surface area (Å²) in [6.07, 6.45) is 0.582. The molecule has 0 bridgehead atoms. The van der Waals surface area contributed by atoms with E-state index in [2.05, 4.69) is 20.3 Å². The van der Waals surface area contributed by atoms with Crippen LogP contribution in [0, 0.1) is 0 Å². The van der Waals surface area contributed by atoms with Crippen molar-refractivity contribution < 1.29 is 19.0 Å². The molecule has 0 aliphatic carbocycles. The minimum Gasteiger partial charge on any atom is -0.364 e. The second-order valence-electron chi connectivity index (χ2n) is 3.98. The maximum Gasteiger partial charge on any atom is 0.240 e. The number of rotatable bonds is 10. The first-order valence-corrected chi connectivity index (χ1v) is 6.06. The van der Waals surface area contributed by atoms with Crippen molar-refractivity contribution in [3.05, 3.63) is 0 Å². The molecule has 1 rings (SSSR count). The van der Waals surface area contributed by atoms with Gasteiger partial charge in [0.05, 0.1) is 0 Å². The third kappa shape index (κ3) is 5.10. The smallest absolute Gasteiger partial charge is 0.240 e. The molecular weight excluding hydrogens is 280 g/mol. The van der Waals surface area contributed by atoms with Gasteiger partial charge in [0.25, 0.3) is 0 Å². The molecule has 10 nitrogen and oxygen atoms in total. The highest BCUT2D eigenvalue weighted by Crippen LogP contribution is 2.15. The van der Waals surface area contributed by atoms with Gasteiger partial charge in [0, 0.05) is 28.4 Å². The van der Waals surface area contributed by atoms with Gasteiger partial charge in [0.2, 0.25) is 24.3 Å². The lowest BCUT2D eigenvalue weighted by atomic mass is 10.7. The van der Waals surface area contributed by atoms with Crippen molar-refractivity contribution in [2.45, 2.75) is 0 Å². The Kier molecular flexibility index (Phi) is 7.29. The zero-order chi connectivity index (χ0) is 15.7. The van der Waals surface area contributed by atoms with E-state index in [4.69, 9.17) is 14.2 Å². The third-order valence-corrected chi connectivity index (χ3v) is 2.30. The van der Waals surface area contributed by atoms with Crippen LogP contribution in [0.15, 0.2) is 0 Å². The van der Waals surface area contributed by atoms with Gasteiger partial charge in [0.1, 0.15) is 20.2 Å². The molecule has 0 fully saturated rings. The van der Waals surface area contributed by atoms with E-state index in [9.17, 15) is 4.79 Å². The molecule has 1 amide bonds. The molecule has 1 aromatic heterocycles. The van der Waals surface area contributed by atoms with Crippen LogP contribution >= 0.6 is 0 Å². The van der Waals surface area contributed by atoms with Gasteiger partial charge in [-0.1, -0.05) is 0 Å². The van der Waals surface area contributed by atoms with Gasteiger partial charge in [0.15, 0.2) is 0 Å². The molecule has 1 heterocycles. The molecule has 0 aliphatic rings. The summed E-state index contributed by atoms with van der Waals surface area (Å²) in [5.41, 5.74) is 0. The fraction of sp³-hybridized carbons (Fsp3) is 0.636. The third-order valence-electron chi connectivity index (χ3n) is 2.30. The van der Waals surface area contributed by atoms with Crippen LogP contribution in [0.2, 0.25) is 0 Å². The number of hydrogen-bond acceptors (Lipinski definition) is 9. The fourth-order valence-electron chi connectivity index (χ4n) is 1.39. The van der Waals surface area contributed by atoms with Gasteiger partial charge in [-0.15, -0.1) is 0 Å². The first kappa shape index (κ1) is 17.0. The van der Waals surface area contributed by atoms with Crippen molar-refractivity contribution >= 4 is 24.3 Å². The summed E-state index contributed by atoms with van der Waals surface area (Å²) in [5.74, 6) is 0.796. The Hall–Kier alpha value is -2.04. The van der Waals surface area contributed by atoms with Crippen LogP contribution in [-0.4, -0.2) is 69.9 Å². The molecule has 0 aliphatic heterocycles. The predicted octanol–water partition coefficient (Wildman–Crippen LogP) is -0.506. The summed E-state index contributed by atoms with van der Waals surface area (Å²) in [7, 11) is 6.32. The average Bonchev–Trinajstić information content (AvgIpc) is 2.50. The highest BCUT2D eigenvalue weighted by molar-refractivity contribution is 5.71. The number of hydrogen-bond donors (Lipinski definition) is 1. The monoisotopic (exact) mass is 300 g/mol. The minimum absolute atomic E-state index is 0.0324. The summed E-state index contributed by atoms with van der Waals surface area (Å²) in [6.45, 7) is 0.547. The summed E-state index contributed by atoms with van der Waals surface area (Å²) in [6, 6.07) is 0. The molecule has 0 atom stereocenters. The average molecular weight is 300 g/mol. The Morgan fingerprint density at radius 1 is 1.05 bits per heavy atom. The van der Waals surface area contributed by atoms with E-state index < -0.39 is 0 Å². The summed E-state index contributed by atoms with van der Waals surface area (Å²) in [4.78, 5) is 26.5. The zero-order valence-electron chi connectivity index (χ0n) is 12.6. The number of methoxy groups -OCH3 is 3. The van der Waals surface area contributed by atoms with Crippen molar-refractivity contribution in [1.82, 2.24) is 15.0 Å². The highest BCUT2D eigenvalue weighted by Gasteiger charge is 2.15. The van der Waals surface area contributed by atoms with E-state index in [-0.39, 0.29) is 25.4 Å². The molecular formula is C11H20N6O4. The maximum atomic E-state index is 11.1. The van der Waals surface area contributed by atoms with Gasteiger partial charge < -0.3 is 24.4 Å². The SMILES string of the molecule is COCNc1nc(N(C)COC)nc(N(C=O)COC)n1. The molecule has 0 unspecified atom stereocenters. The Morgan fingerprint density at radius 2 is 1.71 bits per heavy atom. The van der Waals surface area contributed by atoms with Crippen LogP contribution in [0.3, 0.4) is 0 Å². The Balaban J connectivity index is 3.09. The van der Waals surface area contributed by atoms with Gasteiger partial charge in [-0.3, -0.25) is 9.69 Å². The van der Waals surface area contributed by atoms with E-state index in [1.54, 1.807) is 19.1 Å². The minimum atomic E-state index is 0.0324. The van der Waals surface area contributed by atoms with E-state index >= 15 is 0 Å². The number of carbonyl (C=O) groups is 1. The van der Waals surface area contributed by atoms with E-state index in [0.29, 0.717) is 19.1 Å². The van der Waals surface area contributed by atoms with Crippen molar-refractivity contribution in [3.8, 4) is 0 Å². The molecule has 10 heteroatoms. The van der Waals surface area contributed by atoms with Crippen LogP contribution in [-0.2, 0) is 19.0 Å². The molecule has 0 saturated heterocycles. The van der Waals surface area contributed by atoms with Crippen molar-refractivity contribution in [2.75, 3.05) is 63.7 Å². The van der Waals surface area contributed by atoms with E-state index in [1.165, 1.54) is 19.1 Å². The number of ether oxygens (including phenoxy) is 3. The molecule has 1 aromatic rings. The first-order chi connectivity index (χ1) is 10.2. The van der Waals surface area contributed by atoms with Gasteiger partial charge in [-0.2, -0.15) is 15.0 Å². The van der Waals surface area contributed by atoms with Crippen molar-refractivity contribution in [3.63, 3.8) is 0 Å². The summed E-state index contributed by atoms with van der Waals surface area (Å²) in [5, 5.41) is 2.86. The number of nitrogens with zero attached hydrogens (tertiary/aromatic N) is 5. The van der Waals surface area contributed by atoms with Gasteiger partial charge >= 0.3 is 0 Å². The molecule has 0 saturated carbocycles. The number of carbonyl (C=O) groups excluding carboxylic acids is 1. The van der Waals surface area contributed by atoms with Crippen molar-refractivity contribution in [2.24, 2.45) is 0 Å². The van der Waals surface area contributed by atoms with Crippen LogP contribution in [0.5, 0.6) is 0 Å². The molecule has 1 N–H and O–H groups in total. The second-order valence-corrected chi connectivity index (χ2v) is 3.98. The molecule has 0 aromatic carbocycles. The molecule has 0 spiro atoms. The number of anilines is 3. The number of amides is 1. The fourth-order valence-corrected chi connectivity index (χ4v) is 1.39. The zero-order valence-corrected chi connectivity index (χ0v) is 12.6. The molecule has 118 valence electrons. The summed E-state index contributed by atoms with van der Waals surface area (Å²) >= 11 is 0. The largest absolute Gasteiger partial charge is 0.364 e. The lowest BCUT2D eigenvalue weighted by molar-refractivity contribution is -0.108. The second kappa shape index (κ2) is 9.00. The van der Waals surface area contributed by atoms with Gasteiger partial charge in [-0.05, 0) is 0 Å². The van der Waals surface area contributed by atoms with Gasteiger partial charge in [-0.25, -0.2) is 0 Å². The maximum absolute atomic E-state index is 11.1. The standard InChI is InChI=1S/C11H20N6O4/c1-16(7-20-3)10-13-9(12-5-19-2)14-11(15-10)17(6-18)8-21-4/h6H,5,7-8H2,1-4H3,(H,12,13,14,15).